The van der Waals surface area contributed by atoms with Gasteiger partial charge in [-0.1, -0.05) is 31.2 Å². The zero-order valence-corrected chi connectivity index (χ0v) is 15.9. The maximum atomic E-state index is 10.7. The van der Waals surface area contributed by atoms with Gasteiger partial charge in [-0.15, -0.1) is 0 Å². The molecule has 5 nitrogen and oxygen atoms in total. The lowest BCUT2D eigenvalue weighted by Gasteiger charge is -2.33. The fourth-order valence-electron chi connectivity index (χ4n) is 4.35. The van der Waals surface area contributed by atoms with E-state index in [1.54, 1.807) is 0 Å². The molecule has 1 aromatic rings. The molecule has 2 aliphatic heterocycles. The summed E-state index contributed by atoms with van der Waals surface area (Å²) in [6, 6.07) is 7.86. The summed E-state index contributed by atoms with van der Waals surface area (Å²) in [5.74, 6) is -0.233. The van der Waals surface area contributed by atoms with Crippen LogP contribution < -0.4 is 0 Å². The Kier molecular flexibility index (Phi) is 7.06. The van der Waals surface area contributed by atoms with Crippen molar-refractivity contribution in [2.24, 2.45) is 5.92 Å². The van der Waals surface area contributed by atoms with Gasteiger partial charge in [-0.2, -0.15) is 0 Å². The Bertz CT molecular complexity index is 545. The first-order chi connectivity index (χ1) is 12.6. The normalized spacial score (nSPS) is 25.5. The molecular weight excluding hydrogens is 328 g/mol. The molecule has 4 atom stereocenters. The summed E-state index contributed by atoms with van der Waals surface area (Å²) >= 11 is 0. The van der Waals surface area contributed by atoms with E-state index in [2.05, 4.69) is 9.80 Å². The number of nitrogens with zero attached hydrogens (tertiary/aromatic N) is 2. The van der Waals surface area contributed by atoms with Gasteiger partial charge in [0.1, 0.15) is 0 Å². The highest BCUT2D eigenvalue weighted by Crippen LogP contribution is 2.27. The number of hydrogen-bond acceptors (Lipinski definition) is 5. The molecule has 2 aliphatic rings. The summed E-state index contributed by atoms with van der Waals surface area (Å²) in [7, 11) is 0. The Balaban J connectivity index is 1.54. The molecule has 0 unspecified atom stereocenters. The molecule has 0 radical (unpaired) electrons. The van der Waals surface area contributed by atoms with E-state index in [-0.39, 0.29) is 12.5 Å². The van der Waals surface area contributed by atoms with Crippen LogP contribution >= 0.6 is 0 Å². The van der Waals surface area contributed by atoms with Crippen LogP contribution in [0.3, 0.4) is 0 Å². The van der Waals surface area contributed by atoms with Gasteiger partial charge in [0, 0.05) is 25.0 Å². The van der Waals surface area contributed by atoms with Crippen molar-refractivity contribution in [1.29, 1.82) is 0 Å². The third kappa shape index (κ3) is 4.84. The van der Waals surface area contributed by atoms with E-state index in [1.807, 2.05) is 31.2 Å². The van der Waals surface area contributed by atoms with Crippen LogP contribution in [0.15, 0.2) is 24.3 Å². The predicted molar refractivity (Wildman–Crippen MR) is 103 cm³/mol. The predicted octanol–water partition coefficient (Wildman–Crippen LogP) is 1.77. The summed E-state index contributed by atoms with van der Waals surface area (Å²) in [6.07, 6.45) is 3.79. The molecule has 2 saturated heterocycles. The van der Waals surface area contributed by atoms with Crippen molar-refractivity contribution in [3.63, 3.8) is 0 Å². The minimum Gasteiger partial charge on any atom is -0.392 e. The average molecular weight is 363 g/mol. The first kappa shape index (κ1) is 19.8. The number of benzene rings is 1. The fourth-order valence-corrected chi connectivity index (χ4v) is 4.35. The second kappa shape index (κ2) is 9.29. The summed E-state index contributed by atoms with van der Waals surface area (Å²) in [4.78, 5) is 4.97. The van der Waals surface area contributed by atoms with Gasteiger partial charge in [0.15, 0.2) is 0 Å². The van der Waals surface area contributed by atoms with Crippen molar-refractivity contribution in [2.45, 2.75) is 57.5 Å². The molecule has 0 amide bonds. The van der Waals surface area contributed by atoms with Gasteiger partial charge >= 0.3 is 0 Å². The summed E-state index contributed by atoms with van der Waals surface area (Å²) < 4.78 is 0. The quantitative estimate of drug-likeness (QED) is 0.658. The van der Waals surface area contributed by atoms with Gasteiger partial charge in [0.05, 0.1) is 18.8 Å². The highest BCUT2D eigenvalue weighted by atomic mass is 16.3. The SMILES string of the molecule is C[C@@H]([C@H](O)CN1CCC[C@H]1CN1CCCC1)[C@@H](O)c1ccc(CO)cc1. The molecule has 0 aromatic heterocycles. The van der Waals surface area contributed by atoms with Crippen molar-refractivity contribution in [3.8, 4) is 0 Å². The number of β-amino-alcohol motifs (C(OH)–C–C–N with tert-alkyl or cyclic N) is 1. The fraction of sp³-hybridized carbons (Fsp3) is 0.714. The van der Waals surface area contributed by atoms with Gasteiger partial charge < -0.3 is 20.2 Å². The van der Waals surface area contributed by atoms with E-state index in [0.717, 1.165) is 24.2 Å². The molecule has 2 fully saturated rings. The Morgan fingerprint density at radius 3 is 2.38 bits per heavy atom. The monoisotopic (exact) mass is 362 g/mol. The highest BCUT2D eigenvalue weighted by Gasteiger charge is 2.32. The second-order valence-electron chi connectivity index (χ2n) is 8.07. The van der Waals surface area contributed by atoms with Crippen LogP contribution in [0.25, 0.3) is 0 Å². The van der Waals surface area contributed by atoms with E-state index >= 15 is 0 Å². The number of rotatable bonds is 8. The molecular formula is C21H34N2O3. The molecule has 1 aromatic carbocycles. The highest BCUT2D eigenvalue weighted by molar-refractivity contribution is 5.24. The first-order valence-corrected chi connectivity index (χ1v) is 10.1. The van der Waals surface area contributed by atoms with Gasteiger partial charge in [-0.05, 0) is 56.4 Å². The topological polar surface area (TPSA) is 67.2 Å². The van der Waals surface area contributed by atoms with Crippen LogP contribution in [0, 0.1) is 5.92 Å². The number of hydrogen-bond donors (Lipinski definition) is 3. The van der Waals surface area contributed by atoms with E-state index in [4.69, 9.17) is 5.11 Å². The minimum atomic E-state index is -0.697. The molecule has 3 N–H and O–H groups in total. The Labute approximate surface area is 157 Å². The second-order valence-corrected chi connectivity index (χ2v) is 8.07. The maximum Gasteiger partial charge on any atom is 0.0840 e. The number of aliphatic hydroxyl groups excluding tert-OH is 3. The molecule has 0 spiro atoms. The summed E-state index contributed by atoms with van der Waals surface area (Å²) in [6.45, 7) is 7.14. The van der Waals surface area contributed by atoms with Crippen molar-refractivity contribution in [2.75, 3.05) is 32.7 Å². The zero-order valence-electron chi connectivity index (χ0n) is 15.9. The maximum absolute atomic E-state index is 10.7. The molecule has 146 valence electrons. The summed E-state index contributed by atoms with van der Waals surface area (Å²) in [5.41, 5.74) is 1.62. The standard InChI is InChI=1S/C21H34N2O3/c1-16(21(26)18-8-6-17(15-24)7-9-18)20(25)14-23-12-4-5-19(23)13-22-10-2-3-11-22/h6-9,16,19-21,24-26H,2-5,10-15H2,1H3/t16-,19-,20+,21+/m0/s1. The third-order valence-electron chi connectivity index (χ3n) is 6.20. The molecule has 26 heavy (non-hydrogen) atoms. The molecule has 0 aliphatic carbocycles. The Hall–Kier alpha value is -0.980. The molecule has 5 heteroatoms. The van der Waals surface area contributed by atoms with Crippen molar-refractivity contribution in [3.05, 3.63) is 35.4 Å². The zero-order chi connectivity index (χ0) is 18.5. The van der Waals surface area contributed by atoms with Crippen molar-refractivity contribution < 1.29 is 15.3 Å². The lowest BCUT2D eigenvalue weighted by atomic mass is 9.91. The Morgan fingerprint density at radius 2 is 1.73 bits per heavy atom. The first-order valence-electron chi connectivity index (χ1n) is 10.1. The number of likely N-dealkylation sites (tertiary alicyclic amines) is 2. The van der Waals surface area contributed by atoms with E-state index < -0.39 is 12.2 Å². The van der Waals surface area contributed by atoms with E-state index in [9.17, 15) is 10.2 Å². The molecule has 0 bridgehead atoms. The van der Waals surface area contributed by atoms with Gasteiger partial charge in [0.2, 0.25) is 0 Å². The minimum absolute atomic E-state index is 0.00190. The van der Waals surface area contributed by atoms with Gasteiger partial charge in [-0.3, -0.25) is 4.90 Å². The van der Waals surface area contributed by atoms with Crippen LogP contribution in [0.5, 0.6) is 0 Å². The molecule has 2 heterocycles. The Morgan fingerprint density at radius 1 is 1.04 bits per heavy atom. The summed E-state index contributed by atoms with van der Waals surface area (Å²) in [5, 5.41) is 30.5. The number of aliphatic hydroxyl groups is 3. The van der Waals surface area contributed by atoms with Crippen LogP contribution in [0.1, 0.15) is 49.8 Å². The molecule has 3 rings (SSSR count). The van der Waals surface area contributed by atoms with Gasteiger partial charge in [-0.25, -0.2) is 0 Å². The third-order valence-corrected chi connectivity index (χ3v) is 6.20. The van der Waals surface area contributed by atoms with E-state index in [0.29, 0.717) is 12.6 Å². The van der Waals surface area contributed by atoms with Crippen LogP contribution in [-0.2, 0) is 6.61 Å². The van der Waals surface area contributed by atoms with Crippen LogP contribution in [-0.4, -0.2) is 70.0 Å². The van der Waals surface area contributed by atoms with Gasteiger partial charge in [0.25, 0.3) is 0 Å². The lowest BCUT2D eigenvalue weighted by molar-refractivity contribution is -0.00221. The lowest BCUT2D eigenvalue weighted by Crippen LogP contribution is -2.44. The van der Waals surface area contributed by atoms with E-state index in [1.165, 1.54) is 38.8 Å². The average Bonchev–Trinajstić information content (AvgIpc) is 3.33. The smallest absolute Gasteiger partial charge is 0.0840 e. The van der Waals surface area contributed by atoms with Crippen LogP contribution in [0.4, 0.5) is 0 Å². The van der Waals surface area contributed by atoms with Crippen LogP contribution in [0.2, 0.25) is 0 Å². The largest absolute Gasteiger partial charge is 0.392 e. The molecule has 0 saturated carbocycles. The van der Waals surface area contributed by atoms with Crippen molar-refractivity contribution >= 4 is 0 Å². The van der Waals surface area contributed by atoms with Crippen molar-refractivity contribution in [1.82, 2.24) is 9.80 Å².